The van der Waals surface area contributed by atoms with Gasteiger partial charge in [-0.3, -0.25) is 0 Å². The van der Waals surface area contributed by atoms with E-state index in [1.165, 1.54) is 0 Å². The summed E-state index contributed by atoms with van der Waals surface area (Å²) in [7, 11) is 0. The van der Waals surface area contributed by atoms with Crippen LogP contribution >= 0.6 is 0 Å². The third-order valence-electron chi connectivity index (χ3n) is 4.80. The second-order valence-electron chi connectivity index (χ2n) is 7.15. The summed E-state index contributed by atoms with van der Waals surface area (Å²) in [5.74, 6) is 0.896. The first-order valence-electron chi connectivity index (χ1n) is 10.1. The van der Waals surface area contributed by atoms with Crippen LogP contribution in [0.5, 0.6) is 0 Å². The lowest BCUT2D eigenvalue weighted by molar-refractivity contribution is 0.0696. The molecule has 0 amide bonds. The van der Waals surface area contributed by atoms with Gasteiger partial charge in [0.05, 0.1) is 12.1 Å². The van der Waals surface area contributed by atoms with Gasteiger partial charge in [0.15, 0.2) is 5.82 Å². The van der Waals surface area contributed by atoms with Gasteiger partial charge < -0.3 is 5.11 Å². The van der Waals surface area contributed by atoms with Crippen molar-refractivity contribution in [2.24, 2.45) is 0 Å². The first-order valence-corrected chi connectivity index (χ1v) is 10.1. The second kappa shape index (κ2) is 10.3. The number of rotatable bonds is 9. The highest BCUT2D eigenvalue weighted by molar-refractivity contribution is 5.87. The lowest BCUT2D eigenvalue weighted by Gasteiger charge is -2.07. The van der Waals surface area contributed by atoms with E-state index in [-0.39, 0.29) is 0 Å². The van der Waals surface area contributed by atoms with Crippen molar-refractivity contribution < 1.29 is 9.90 Å². The number of hydrogen-bond donors (Lipinski definition) is 1. The van der Waals surface area contributed by atoms with Crippen molar-refractivity contribution in [3.8, 4) is 0 Å². The van der Waals surface area contributed by atoms with Crippen molar-refractivity contribution in [3.05, 3.63) is 107 Å². The second-order valence-corrected chi connectivity index (χ2v) is 7.15. The van der Waals surface area contributed by atoms with Crippen LogP contribution in [0.15, 0.2) is 72.8 Å². The monoisotopic (exact) mass is 401 g/mol. The van der Waals surface area contributed by atoms with Gasteiger partial charge in [-0.25, -0.2) is 14.5 Å². The topological polar surface area (TPSA) is 68.0 Å². The lowest BCUT2D eigenvalue weighted by atomic mass is 10.0. The van der Waals surface area contributed by atoms with Gasteiger partial charge in [0.25, 0.3) is 0 Å². The van der Waals surface area contributed by atoms with Gasteiger partial charge in [-0.05, 0) is 49.1 Å². The van der Waals surface area contributed by atoms with Crippen LogP contribution in [-0.4, -0.2) is 25.8 Å². The van der Waals surface area contributed by atoms with Gasteiger partial charge in [0.1, 0.15) is 5.82 Å². The summed E-state index contributed by atoms with van der Waals surface area (Å²) in [6.07, 6.45) is 10.4. The molecule has 154 valence electrons. The molecule has 5 nitrogen and oxygen atoms in total. The summed E-state index contributed by atoms with van der Waals surface area (Å²) in [4.78, 5) is 15.8. The summed E-state index contributed by atoms with van der Waals surface area (Å²) in [6, 6.07) is 15.5. The van der Waals surface area contributed by atoms with Crippen molar-refractivity contribution in [1.29, 1.82) is 0 Å². The standard InChI is InChI=1S/C25H27N3O2/c1-3-5-10-23-26-24(11-6-4-2)28(27-23)18-20-14-12-19(13-15-20)16-21-8-7-9-22(17-21)25(29)30/h3-9,12-15,17H,10-11,16,18H2,1-2H3,(H,29,30). The summed E-state index contributed by atoms with van der Waals surface area (Å²) in [5.41, 5.74) is 3.60. The third kappa shape index (κ3) is 5.77. The molecule has 0 radical (unpaired) electrons. The van der Waals surface area contributed by atoms with E-state index in [9.17, 15) is 4.79 Å². The molecular formula is C25H27N3O2. The fourth-order valence-corrected chi connectivity index (χ4v) is 3.22. The summed E-state index contributed by atoms with van der Waals surface area (Å²) in [6.45, 7) is 4.67. The molecule has 1 heterocycles. The van der Waals surface area contributed by atoms with Gasteiger partial charge >= 0.3 is 5.97 Å². The van der Waals surface area contributed by atoms with Crippen molar-refractivity contribution in [3.63, 3.8) is 0 Å². The Morgan fingerprint density at radius 2 is 1.67 bits per heavy atom. The van der Waals surface area contributed by atoms with Crippen molar-refractivity contribution in [1.82, 2.24) is 14.8 Å². The maximum absolute atomic E-state index is 11.2. The molecule has 0 saturated heterocycles. The smallest absolute Gasteiger partial charge is 0.335 e. The Balaban J connectivity index is 1.73. The molecule has 0 aliphatic heterocycles. The van der Waals surface area contributed by atoms with E-state index in [1.54, 1.807) is 18.2 Å². The zero-order valence-electron chi connectivity index (χ0n) is 17.5. The van der Waals surface area contributed by atoms with Crippen LogP contribution in [0.25, 0.3) is 0 Å². The van der Waals surface area contributed by atoms with Crippen LogP contribution in [0.4, 0.5) is 0 Å². The Kier molecular flexibility index (Phi) is 7.33. The number of aromatic nitrogens is 3. The zero-order chi connectivity index (χ0) is 21.3. The molecule has 2 aromatic carbocycles. The number of allylic oxidation sites excluding steroid dienone is 4. The largest absolute Gasteiger partial charge is 0.478 e. The molecule has 3 rings (SSSR count). The number of hydrogen-bond acceptors (Lipinski definition) is 3. The molecule has 1 N–H and O–H groups in total. The fraction of sp³-hybridized carbons (Fsp3) is 0.240. The van der Waals surface area contributed by atoms with Crippen LogP contribution < -0.4 is 0 Å². The van der Waals surface area contributed by atoms with Gasteiger partial charge in [-0.15, -0.1) is 0 Å². The first-order chi connectivity index (χ1) is 14.6. The number of nitrogens with zero attached hydrogens (tertiary/aromatic N) is 3. The van der Waals surface area contributed by atoms with E-state index in [1.807, 2.05) is 36.7 Å². The van der Waals surface area contributed by atoms with Crippen molar-refractivity contribution in [2.45, 2.75) is 39.7 Å². The van der Waals surface area contributed by atoms with Gasteiger partial charge in [0.2, 0.25) is 0 Å². The molecular weight excluding hydrogens is 374 g/mol. The number of carboxylic acid groups (broad SMARTS) is 1. The Labute approximate surface area is 177 Å². The van der Waals surface area contributed by atoms with Crippen LogP contribution in [0, 0.1) is 0 Å². The average Bonchev–Trinajstić information content (AvgIpc) is 3.13. The highest BCUT2D eigenvalue weighted by Gasteiger charge is 2.09. The summed E-state index contributed by atoms with van der Waals surface area (Å²) >= 11 is 0. The van der Waals surface area contributed by atoms with E-state index in [0.717, 1.165) is 41.2 Å². The molecule has 0 spiro atoms. The van der Waals surface area contributed by atoms with Crippen LogP contribution in [0.3, 0.4) is 0 Å². The summed E-state index contributed by atoms with van der Waals surface area (Å²) in [5, 5.41) is 13.8. The molecule has 30 heavy (non-hydrogen) atoms. The van der Waals surface area contributed by atoms with E-state index in [4.69, 9.17) is 5.11 Å². The molecule has 0 fully saturated rings. The van der Waals surface area contributed by atoms with Crippen LogP contribution in [-0.2, 0) is 25.8 Å². The first kappa shape index (κ1) is 21.2. The molecule has 5 heteroatoms. The molecule has 0 saturated carbocycles. The Bertz CT molecular complexity index is 1050. The highest BCUT2D eigenvalue weighted by Crippen LogP contribution is 2.14. The maximum atomic E-state index is 11.2. The number of benzene rings is 2. The third-order valence-corrected chi connectivity index (χ3v) is 4.80. The normalized spacial score (nSPS) is 11.5. The summed E-state index contributed by atoms with van der Waals surface area (Å²) < 4.78 is 1.98. The van der Waals surface area contributed by atoms with E-state index in [0.29, 0.717) is 18.5 Å². The number of carboxylic acids is 1. The minimum absolute atomic E-state index is 0.317. The number of carbonyl (C=O) groups is 1. The Morgan fingerprint density at radius 3 is 2.37 bits per heavy atom. The quantitative estimate of drug-likeness (QED) is 0.520. The minimum Gasteiger partial charge on any atom is -0.478 e. The van der Waals surface area contributed by atoms with Crippen molar-refractivity contribution >= 4 is 5.97 Å². The Hall–Kier alpha value is -3.47. The average molecular weight is 402 g/mol. The maximum Gasteiger partial charge on any atom is 0.335 e. The minimum atomic E-state index is -0.900. The Morgan fingerprint density at radius 1 is 0.967 bits per heavy atom. The van der Waals surface area contributed by atoms with E-state index < -0.39 is 5.97 Å². The molecule has 0 aliphatic rings. The van der Waals surface area contributed by atoms with Gasteiger partial charge in [-0.2, -0.15) is 5.10 Å². The van der Waals surface area contributed by atoms with Crippen LogP contribution in [0.1, 0.15) is 52.5 Å². The number of aromatic carboxylic acids is 1. The predicted octanol–water partition coefficient (Wildman–Crippen LogP) is 4.85. The van der Waals surface area contributed by atoms with Gasteiger partial charge in [0, 0.05) is 12.8 Å². The fourth-order valence-electron chi connectivity index (χ4n) is 3.22. The van der Waals surface area contributed by atoms with E-state index in [2.05, 4.69) is 46.5 Å². The molecule has 0 aliphatic carbocycles. The molecule has 0 bridgehead atoms. The molecule has 3 aromatic rings. The van der Waals surface area contributed by atoms with E-state index >= 15 is 0 Å². The lowest BCUT2D eigenvalue weighted by Crippen LogP contribution is -2.07. The molecule has 1 aromatic heterocycles. The highest BCUT2D eigenvalue weighted by atomic mass is 16.4. The predicted molar refractivity (Wildman–Crippen MR) is 119 cm³/mol. The van der Waals surface area contributed by atoms with Gasteiger partial charge in [-0.1, -0.05) is 60.7 Å². The SMILES string of the molecule is CC=CCc1nc(CC=CC)n(Cc2ccc(Cc3cccc(C(=O)O)c3)cc2)n1. The van der Waals surface area contributed by atoms with Crippen molar-refractivity contribution in [2.75, 3.05) is 0 Å². The molecule has 0 unspecified atom stereocenters. The van der Waals surface area contributed by atoms with Crippen LogP contribution in [0.2, 0.25) is 0 Å². The molecule has 0 atom stereocenters. The zero-order valence-corrected chi connectivity index (χ0v) is 17.5.